The Morgan fingerprint density at radius 2 is 1.90 bits per heavy atom. The maximum atomic E-state index is 12.3. The summed E-state index contributed by atoms with van der Waals surface area (Å²) in [5.74, 6) is 0.823. The van der Waals surface area contributed by atoms with Crippen molar-refractivity contribution in [1.82, 2.24) is 0 Å². The molecule has 2 rings (SSSR count). The topological polar surface area (TPSA) is 26.3 Å². The highest BCUT2D eigenvalue weighted by Crippen LogP contribution is 2.20. The molecule has 0 saturated carbocycles. The van der Waals surface area contributed by atoms with E-state index in [9.17, 15) is 4.79 Å². The summed E-state index contributed by atoms with van der Waals surface area (Å²) in [7, 11) is 0. The molecule has 2 nitrogen and oxygen atoms in total. The normalized spacial score (nSPS) is 10.6. The Morgan fingerprint density at radius 1 is 1.15 bits per heavy atom. The van der Waals surface area contributed by atoms with Crippen molar-refractivity contribution in [3.63, 3.8) is 0 Å². The van der Waals surface area contributed by atoms with Crippen LogP contribution in [0.3, 0.4) is 0 Å². The summed E-state index contributed by atoms with van der Waals surface area (Å²) in [5, 5.41) is 0. The van der Waals surface area contributed by atoms with E-state index in [0.717, 1.165) is 15.8 Å². The first-order valence-electron chi connectivity index (χ1n) is 6.59. The molecular weight excluding hydrogens is 316 g/mol. The number of carbonyl (C=O) groups is 1. The molecule has 0 atom stereocenters. The monoisotopic (exact) mass is 332 g/mol. The van der Waals surface area contributed by atoms with E-state index in [4.69, 9.17) is 4.74 Å². The van der Waals surface area contributed by atoms with Crippen LogP contribution in [0.1, 0.15) is 29.8 Å². The third-order valence-electron chi connectivity index (χ3n) is 2.84. The Hall–Kier alpha value is -1.61. The zero-order valence-electron chi connectivity index (χ0n) is 11.6. The molecule has 0 amide bonds. The third-order valence-corrected chi connectivity index (χ3v) is 3.61. The Kier molecular flexibility index (Phi) is 4.96. The molecule has 0 saturated heterocycles. The molecule has 20 heavy (non-hydrogen) atoms. The van der Waals surface area contributed by atoms with Gasteiger partial charge in [-0.1, -0.05) is 46.3 Å². The minimum atomic E-state index is 0.0890. The molecule has 104 valence electrons. The Morgan fingerprint density at radius 3 is 2.60 bits per heavy atom. The van der Waals surface area contributed by atoms with Gasteiger partial charge in [-0.15, -0.1) is 0 Å². The summed E-state index contributed by atoms with van der Waals surface area (Å²) >= 11 is 3.47. The maximum Gasteiger partial charge on any atom is 0.167 e. The number of benzene rings is 2. The van der Waals surface area contributed by atoms with Gasteiger partial charge in [0, 0.05) is 16.5 Å². The van der Waals surface area contributed by atoms with Gasteiger partial charge in [-0.25, -0.2) is 0 Å². The number of halogens is 1. The van der Waals surface area contributed by atoms with Crippen LogP contribution >= 0.6 is 15.9 Å². The Bertz CT molecular complexity index is 605. The molecule has 2 aromatic rings. The van der Waals surface area contributed by atoms with Crippen LogP contribution in [0.15, 0.2) is 53.0 Å². The van der Waals surface area contributed by atoms with Crippen molar-refractivity contribution >= 4 is 21.7 Å². The van der Waals surface area contributed by atoms with Crippen molar-refractivity contribution in [2.75, 3.05) is 0 Å². The van der Waals surface area contributed by atoms with Crippen molar-refractivity contribution in [2.45, 2.75) is 26.4 Å². The summed E-state index contributed by atoms with van der Waals surface area (Å²) < 4.78 is 6.58. The molecule has 0 bridgehead atoms. The molecule has 0 N–H and O–H groups in total. The Labute approximate surface area is 127 Å². The van der Waals surface area contributed by atoms with Gasteiger partial charge < -0.3 is 4.74 Å². The lowest BCUT2D eigenvalue weighted by Gasteiger charge is -2.10. The van der Waals surface area contributed by atoms with E-state index in [-0.39, 0.29) is 11.9 Å². The summed E-state index contributed by atoms with van der Waals surface area (Å²) in [6.45, 7) is 3.94. The first-order chi connectivity index (χ1) is 9.56. The van der Waals surface area contributed by atoms with E-state index in [1.165, 1.54) is 0 Å². The van der Waals surface area contributed by atoms with E-state index in [0.29, 0.717) is 12.0 Å². The van der Waals surface area contributed by atoms with Gasteiger partial charge >= 0.3 is 0 Å². The first-order valence-corrected chi connectivity index (χ1v) is 7.39. The van der Waals surface area contributed by atoms with Crippen LogP contribution in [0.4, 0.5) is 0 Å². The molecular formula is C17H17BrO2. The third kappa shape index (κ3) is 3.94. The zero-order valence-corrected chi connectivity index (χ0v) is 13.2. The van der Waals surface area contributed by atoms with Crippen molar-refractivity contribution in [3.05, 3.63) is 64.1 Å². The van der Waals surface area contributed by atoms with E-state index < -0.39 is 0 Å². The van der Waals surface area contributed by atoms with Crippen molar-refractivity contribution in [3.8, 4) is 5.75 Å². The van der Waals surface area contributed by atoms with E-state index >= 15 is 0 Å². The van der Waals surface area contributed by atoms with Crippen LogP contribution in [-0.4, -0.2) is 11.9 Å². The molecule has 0 aromatic heterocycles. The van der Waals surface area contributed by atoms with Crippen molar-refractivity contribution < 1.29 is 9.53 Å². The summed E-state index contributed by atoms with van der Waals surface area (Å²) in [4.78, 5) is 12.3. The largest absolute Gasteiger partial charge is 0.491 e. The fourth-order valence-electron chi connectivity index (χ4n) is 1.93. The Balaban J connectivity index is 2.15. The molecule has 0 aliphatic rings. The predicted molar refractivity (Wildman–Crippen MR) is 84.4 cm³/mol. The summed E-state index contributed by atoms with van der Waals surface area (Å²) in [5.41, 5.74) is 1.67. The van der Waals surface area contributed by atoms with Gasteiger partial charge in [0.15, 0.2) is 5.78 Å². The maximum absolute atomic E-state index is 12.3. The van der Waals surface area contributed by atoms with Crippen LogP contribution in [0, 0.1) is 0 Å². The molecule has 0 spiro atoms. The van der Waals surface area contributed by atoms with Gasteiger partial charge in [-0.3, -0.25) is 4.79 Å². The molecule has 0 unspecified atom stereocenters. The van der Waals surface area contributed by atoms with E-state index in [1.807, 2.05) is 56.3 Å². The average Bonchev–Trinajstić information content (AvgIpc) is 2.41. The van der Waals surface area contributed by atoms with Crippen LogP contribution in [0.25, 0.3) is 0 Å². The van der Waals surface area contributed by atoms with E-state index in [2.05, 4.69) is 15.9 Å². The quantitative estimate of drug-likeness (QED) is 0.744. The molecule has 3 heteroatoms. The van der Waals surface area contributed by atoms with E-state index in [1.54, 1.807) is 6.07 Å². The lowest BCUT2D eigenvalue weighted by atomic mass is 10.0. The highest BCUT2D eigenvalue weighted by molar-refractivity contribution is 9.10. The SMILES string of the molecule is CC(C)Oc1cccc(C(=O)Cc2ccccc2Br)c1. The number of rotatable bonds is 5. The number of carbonyl (C=O) groups excluding carboxylic acids is 1. The average molecular weight is 333 g/mol. The van der Waals surface area contributed by atoms with Crippen LogP contribution in [-0.2, 0) is 6.42 Å². The zero-order chi connectivity index (χ0) is 14.5. The van der Waals surface area contributed by atoms with Gasteiger partial charge in [0.05, 0.1) is 6.10 Å². The number of Topliss-reactive ketones (excluding diaryl/α,β-unsaturated/α-hetero) is 1. The second-order valence-corrected chi connectivity index (χ2v) is 5.74. The molecule has 0 aliphatic heterocycles. The summed E-state index contributed by atoms with van der Waals surface area (Å²) in [6.07, 6.45) is 0.482. The van der Waals surface area contributed by atoms with Gasteiger partial charge in [-0.2, -0.15) is 0 Å². The number of hydrogen-bond acceptors (Lipinski definition) is 2. The number of ketones is 1. The number of ether oxygens (including phenoxy) is 1. The van der Waals surface area contributed by atoms with Gasteiger partial charge in [0.2, 0.25) is 0 Å². The highest BCUT2D eigenvalue weighted by atomic mass is 79.9. The predicted octanol–water partition coefficient (Wildman–Crippen LogP) is 4.66. The van der Waals surface area contributed by atoms with Gasteiger partial charge in [0.1, 0.15) is 5.75 Å². The smallest absolute Gasteiger partial charge is 0.167 e. The highest BCUT2D eigenvalue weighted by Gasteiger charge is 2.10. The molecule has 0 aliphatic carbocycles. The van der Waals surface area contributed by atoms with Crippen LogP contribution < -0.4 is 4.74 Å². The van der Waals surface area contributed by atoms with Crippen LogP contribution in [0.5, 0.6) is 5.75 Å². The minimum Gasteiger partial charge on any atom is -0.491 e. The lowest BCUT2D eigenvalue weighted by molar-refractivity contribution is 0.0992. The first kappa shape index (κ1) is 14.8. The molecule has 2 aromatic carbocycles. The number of hydrogen-bond donors (Lipinski definition) is 0. The molecule has 0 radical (unpaired) electrons. The second-order valence-electron chi connectivity index (χ2n) is 4.89. The molecule has 0 heterocycles. The minimum absolute atomic E-state index is 0.0890. The standard InChI is InChI=1S/C17H17BrO2/c1-12(2)20-15-8-5-7-14(10-15)17(19)11-13-6-3-4-9-16(13)18/h3-10,12H,11H2,1-2H3. The second kappa shape index (κ2) is 6.71. The molecule has 0 fully saturated rings. The fraction of sp³-hybridized carbons (Fsp3) is 0.235. The van der Waals surface area contributed by atoms with Crippen LogP contribution in [0.2, 0.25) is 0 Å². The summed E-state index contributed by atoms with van der Waals surface area (Å²) in [6, 6.07) is 15.1. The van der Waals surface area contributed by atoms with Gasteiger partial charge in [0.25, 0.3) is 0 Å². The van der Waals surface area contributed by atoms with Crippen molar-refractivity contribution in [2.24, 2.45) is 0 Å². The lowest BCUT2D eigenvalue weighted by Crippen LogP contribution is -2.08. The fourth-order valence-corrected chi connectivity index (χ4v) is 2.36. The van der Waals surface area contributed by atoms with Gasteiger partial charge in [-0.05, 0) is 37.6 Å². The van der Waals surface area contributed by atoms with Crippen molar-refractivity contribution in [1.29, 1.82) is 0 Å².